The minimum atomic E-state index is -3.63. The number of imidazole rings is 1. The van der Waals surface area contributed by atoms with E-state index in [4.69, 9.17) is 23.2 Å². The van der Waals surface area contributed by atoms with E-state index < -0.39 is 15.9 Å². The first kappa shape index (κ1) is 15.5. The Labute approximate surface area is 139 Å². The largest absolute Gasteiger partial charge is 0.289 e. The van der Waals surface area contributed by atoms with E-state index in [-0.39, 0.29) is 11.4 Å². The Kier molecular flexibility index (Phi) is 3.80. The molecule has 2 heterocycles. The number of carbonyl (C=O) groups is 1. The van der Waals surface area contributed by atoms with Gasteiger partial charge in [0.2, 0.25) is 10.0 Å². The van der Waals surface area contributed by atoms with Crippen molar-refractivity contribution in [3.63, 3.8) is 0 Å². The quantitative estimate of drug-likeness (QED) is 0.760. The number of fused-ring (bicyclic) bond motifs is 3. The number of nitrogens with zero attached hydrogens (tertiary/aromatic N) is 2. The van der Waals surface area contributed by atoms with Crippen LogP contribution in [0.5, 0.6) is 0 Å². The van der Waals surface area contributed by atoms with Crippen molar-refractivity contribution in [2.45, 2.75) is 6.92 Å². The van der Waals surface area contributed by atoms with E-state index in [1.807, 2.05) is 4.72 Å². The Morgan fingerprint density at radius 2 is 2.14 bits per heavy atom. The Hall–Kier alpha value is -1.35. The molecule has 3 aromatic rings. The lowest BCUT2D eigenvalue weighted by Gasteiger charge is -2.01. The Bertz CT molecular complexity index is 1010. The zero-order valence-corrected chi connectivity index (χ0v) is 14.3. The minimum Gasteiger partial charge on any atom is -0.289 e. The van der Waals surface area contributed by atoms with E-state index in [0.29, 0.717) is 15.0 Å². The highest BCUT2D eigenvalue weighted by Gasteiger charge is 2.19. The average molecular weight is 378 g/mol. The van der Waals surface area contributed by atoms with Crippen LogP contribution in [0.4, 0.5) is 0 Å². The maximum absolute atomic E-state index is 11.9. The van der Waals surface area contributed by atoms with Crippen LogP contribution in [0.15, 0.2) is 18.3 Å². The minimum absolute atomic E-state index is 0.0243. The Balaban J connectivity index is 2.08. The van der Waals surface area contributed by atoms with Crippen LogP contribution in [0, 0.1) is 0 Å². The zero-order chi connectivity index (χ0) is 16.1. The summed E-state index contributed by atoms with van der Waals surface area (Å²) in [5.74, 6) is -0.941. The van der Waals surface area contributed by atoms with Crippen molar-refractivity contribution in [3.8, 4) is 0 Å². The number of amides is 1. The van der Waals surface area contributed by atoms with Gasteiger partial charge in [0.25, 0.3) is 5.91 Å². The predicted octanol–water partition coefficient (Wildman–Crippen LogP) is 2.94. The van der Waals surface area contributed by atoms with Gasteiger partial charge in [-0.05, 0) is 19.1 Å². The standard InChI is InChI=1S/C12H9Cl2N3O3S2/c1-2-22(19,20)16-11(18)7-5-17-8-4-3-6(13)9(14)10(8)21-12(17)15-7/h3-5H,2H2,1H3,(H,16,18). The lowest BCUT2D eigenvalue weighted by Crippen LogP contribution is -2.31. The van der Waals surface area contributed by atoms with E-state index in [2.05, 4.69) is 4.98 Å². The molecule has 0 aliphatic rings. The molecular formula is C12H9Cl2N3O3S2. The molecule has 0 saturated heterocycles. The third-order valence-corrected chi connectivity index (χ3v) is 6.28. The van der Waals surface area contributed by atoms with Crippen molar-refractivity contribution in [3.05, 3.63) is 34.1 Å². The van der Waals surface area contributed by atoms with Crippen LogP contribution >= 0.6 is 34.5 Å². The molecule has 2 aromatic heterocycles. The fraction of sp³-hybridized carbons (Fsp3) is 0.167. The predicted molar refractivity (Wildman–Crippen MR) is 87.5 cm³/mol. The van der Waals surface area contributed by atoms with Gasteiger partial charge in [0.05, 0.1) is 26.0 Å². The SMILES string of the molecule is CCS(=O)(=O)NC(=O)c1cn2c(n1)sc1c(Cl)c(Cl)ccc12. The molecule has 0 bridgehead atoms. The first-order valence-corrected chi connectivity index (χ1v) is 9.35. The molecule has 22 heavy (non-hydrogen) atoms. The van der Waals surface area contributed by atoms with Gasteiger partial charge in [-0.2, -0.15) is 0 Å². The molecule has 3 rings (SSSR count). The number of hydrogen-bond acceptors (Lipinski definition) is 5. The van der Waals surface area contributed by atoms with E-state index in [9.17, 15) is 13.2 Å². The topological polar surface area (TPSA) is 80.5 Å². The fourth-order valence-corrected chi connectivity index (χ4v) is 3.95. The Morgan fingerprint density at radius 1 is 1.41 bits per heavy atom. The van der Waals surface area contributed by atoms with Crippen molar-refractivity contribution >= 4 is 65.6 Å². The molecule has 10 heteroatoms. The number of rotatable bonds is 3. The van der Waals surface area contributed by atoms with Crippen LogP contribution in [-0.2, 0) is 10.0 Å². The smallest absolute Gasteiger partial charge is 0.284 e. The normalized spacial score (nSPS) is 12.1. The number of benzene rings is 1. The Morgan fingerprint density at radius 3 is 2.82 bits per heavy atom. The molecule has 1 N–H and O–H groups in total. The molecule has 0 aliphatic carbocycles. The van der Waals surface area contributed by atoms with Crippen LogP contribution in [0.2, 0.25) is 10.0 Å². The number of carbonyl (C=O) groups excluding carboxylic acids is 1. The molecule has 116 valence electrons. The monoisotopic (exact) mass is 377 g/mol. The summed E-state index contributed by atoms with van der Waals surface area (Å²) in [6.45, 7) is 1.45. The van der Waals surface area contributed by atoms with Crippen LogP contribution in [0.25, 0.3) is 15.2 Å². The maximum atomic E-state index is 11.9. The van der Waals surface area contributed by atoms with Gasteiger partial charge >= 0.3 is 0 Å². The van der Waals surface area contributed by atoms with Gasteiger partial charge in [0.1, 0.15) is 5.69 Å². The second-order valence-electron chi connectivity index (χ2n) is 4.43. The zero-order valence-electron chi connectivity index (χ0n) is 11.1. The van der Waals surface area contributed by atoms with Gasteiger partial charge in [-0.3, -0.25) is 9.20 Å². The van der Waals surface area contributed by atoms with Gasteiger partial charge in [-0.15, -0.1) is 0 Å². The van der Waals surface area contributed by atoms with Gasteiger partial charge in [0.15, 0.2) is 4.96 Å². The summed E-state index contributed by atoms with van der Waals surface area (Å²) in [4.78, 5) is 16.6. The van der Waals surface area contributed by atoms with E-state index in [1.54, 1.807) is 16.5 Å². The van der Waals surface area contributed by atoms with Crippen LogP contribution < -0.4 is 4.72 Å². The molecule has 0 saturated carbocycles. The van der Waals surface area contributed by atoms with Gasteiger partial charge < -0.3 is 0 Å². The van der Waals surface area contributed by atoms with Gasteiger partial charge in [-0.25, -0.2) is 18.1 Å². The van der Waals surface area contributed by atoms with Crippen molar-refractivity contribution in [1.29, 1.82) is 0 Å². The lowest BCUT2D eigenvalue weighted by atomic mass is 10.3. The summed E-state index contributed by atoms with van der Waals surface area (Å²) in [5.41, 5.74) is 0.774. The number of halogens is 2. The second-order valence-corrected chi connectivity index (χ2v) is 8.20. The summed E-state index contributed by atoms with van der Waals surface area (Å²) in [6, 6.07) is 3.42. The highest BCUT2D eigenvalue weighted by atomic mass is 35.5. The van der Waals surface area contributed by atoms with Crippen molar-refractivity contribution in [2.75, 3.05) is 5.75 Å². The highest BCUT2D eigenvalue weighted by Crippen LogP contribution is 2.36. The third-order valence-electron chi connectivity index (χ3n) is 3.02. The number of aromatic nitrogens is 2. The number of hydrogen-bond donors (Lipinski definition) is 1. The highest BCUT2D eigenvalue weighted by molar-refractivity contribution is 7.90. The van der Waals surface area contributed by atoms with Gasteiger partial charge in [-0.1, -0.05) is 34.5 Å². The number of sulfonamides is 1. The summed E-state index contributed by atoms with van der Waals surface area (Å²) in [6.07, 6.45) is 1.47. The average Bonchev–Trinajstić information content (AvgIpc) is 3.00. The molecule has 0 atom stereocenters. The molecule has 0 unspecified atom stereocenters. The summed E-state index contributed by atoms with van der Waals surface area (Å²) in [5, 5.41) is 0.861. The maximum Gasteiger partial charge on any atom is 0.284 e. The fourth-order valence-electron chi connectivity index (χ4n) is 1.88. The lowest BCUT2D eigenvalue weighted by molar-refractivity contribution is 0.0977. The number of thiazole rings is 1. The van der Waals surface area contributed by atoms with Crippen molar-refractivity contribution in [2.24, 2.45) is 0 Å². The second kappa shape index (κ2) is 5.38. The van der Waals surface area contributed by atoms with Crippen molar-refractivity contribution < 1.29 is 13.2 Å². The molecule has 0 radical (unpaired) electrons. The first-order valence-electron chi connectivity index (χ1n) is 6.13. The first-order chi connectivity index (χ1) is 10.3. The van der Waals surface area contributed by atoms with E-state index >= 15 is 0 Å². The molecule has 1 amide bonds. The molecule has 1 aromatic carbocycles. The van der Waals surface area contributed by atoms with Crippen LogP contribution in [-0.4, -0.2) is 29.5 Å². The molecule has 0 spiro atoms. The summed E-state index contributed by atoms with van der Waals surface area (Å²) < 4.78 is 27.3. The summed E-state index contributed by atoms with van der Waals surface area (Å²) >= 11 is 13.4. The van der Waals surface area contributed by atoms with Crippen LogP contribution in [0.1, 0.15) is 17.4 Å². The number of nitrogens with one attached hydrogen (secondary N) is 1. The van der Waals surface area contributed by atoms with E-state index in [0.717, 1.165) is 10.2 Å². The summed E-state index contributed by atoms with van der Waals surface area (Å²) in [7, 11) is -3.63. The van der Waals surface area contributed by atoms with E-state index in [1.165, 1.54) is 24.5 Å². The van der Waals surface area contributed by atoms with Crippen LogP contribution in [0.3, 0.4) is 0 Å². The molecular weight excluding hydrogens is 369 g/mol. The molecule has 0 fully saturated rings. The molecule has 6 nitrogen and oxygen atoms in total. The molecule has 0 aliphatic heterocycles. The van der Waals surface area contributed by atoms with Gasteiger partial charge in [0, 0.05) is 6.20 Å². The third kappa shape index (κ3) is 2.56. The van der Waals surface area contributed by atoms with Crippen molar-refractivity contribution in [1.82, 2.24) is 14.1 Å².